The molecule has 0 spiro atoms. The Balaban J connectivity index is 1.72. The van der Waals surface area contributed by atoms with Gasteiger partial charge in [-0.15, -0.1) is 0 Å². The zero-order chi connectivity index (χ0) is 19.2. The molecular formula is C20H27N3O4. The van der Waals surface area contributed by atoms with Crippen LogP contribution in [0.4, 0.5) is 4.79 Å². The van der Waals surface area contributed by atoms with Crippen LogP contribution in [0, 0.1) is 0 Å². The number of rotatable bonds is 7. The van der Waals surface area contributed by atoms with Gasteiger partial charge in [0.05, 0.1) is 19.8 Å². The summed E-state index contributed by atoms with van der Waals surface area (Å²) in [5.74, 6) is 1.40. The summed E-state index contributed by atoms with van der Waals surface area (Å²) in [6, 6.07) is 9.40. The minimum Gasteiger partial charge on any atom is -0.497 e. The second-order valence-corrected chi connectivity index (χ2v) is 7.03. The third kappa shape index (κ3) is 5.23. The van der Waals surface area contributed by atoms with E-state index in [9.17, 15) is 4.79 Å². The van der Waals surface area contributed by atoms with Crippen molar-refractivity contribution in [3.8, 4) is 17.1 Å². The summed E-state index contributed by atoms with van der Waals surface area (Å²) in [7, 11) is 1.63. The average molecular weight is 373 g/mol. The van der Waals surface area contributed by atoms with Gasteiger partial charge < -0.3 is 24.2 Å². The molecule has 1 aliphatic heterocycles. The second kappa shape index (κ2) is 8.90. The van der Waals surface area contributed by atoms with Crippen LogP contribution in [0.25, 0.3) is 11.3 Å². The molecule has 1 aliphatic rings. The first-order valence-corrected chi connectivity index (χ1v) is 9.32. The summed E-state index contributed by atoms with van der Waals surface area (Å²) in [6.45, 7) is 5.55. The van der Waals surface area contributed by atoms with Gasteiger partial charge in [-0.2, -0.15) is 0 Å². The maximum Gasteiger partial charge on any atom is 0.318 e. The minimum atomic E-state index is -0.119. The lowest BCUT2D eigenvalue weighted by molar-refractivity contribution is 0.0785. The van der Waals surface area contributed by atoms with Crippen LogP contribution in [-0.4, -0.2) is 48.5 Å². The van der Waals surface area contributed by atoms with E-state index in [4.69, 9.17) is 14.0 Å². The maximum atomic E-state index is 12.6. The van der Waals surface area contributed by atoms with Crippen molar-refractivity contribution < 1.29 is 18.8 Å². The summed E-state index contributed by atoms with van der Waals surface area (Å²) in [6.07, 6.45) is 2.08. The lowest BCUT2D eigenvalue weighted by Gasteiger charge is -2.25. The van der Waals surface area contributed by atoms with Crippen LogP contribution in [0.2, 0.25) is 0 Å². The van der Waals surface area contributed by atoms with E-state index in [2.05, 4.69) is 10.5 Å². The molecule has 1 aromatic heterocycles. The zero-order valence-electron chi connectivity index (χ0n) is 16.1. The van der Waals surface area contributed by atoms with Crippen LogP contribution in [0.15, 0.2) is 34.9 Å². The van der Waals surface area contributed by atoms with E-state index >= 15 is 0 Å². The maximum absolute atomic E-state index is 12.6. The SMILES string of the molecule is COc1cccc(-c2cc(CN(C[C@@H]3CCCO3)C(=O)NC(C)C)no2)c1. The standard InChI is InChI=1S/C20H27N3O4/c1-14(2)21-20(24)23(13-18-8-5-9-26-18)12-16-11-19(27-22-16)15-6-4-7-17(10-15)25-3/h4,6-7,10-11,14,18H,5,8-9,12-13H2,1-3H3,(H,21,24)/t18-/m0/s1. The van der Waals surface area contributed by atoms with Crippen molar-refractivity contribution in [2.24, 2.45) is 0 Å². The molecule has 1 aromatic carbocycles. The molecule has 0 unspecified atom stereocenters. The summed E-state index contributed by atoms with van der Waals surface area (Å²) in [5.41, 5.74) is 1.58. The molecule has 27 heavy (non-hydrogen) atoms. The molecule has 3 rings (SSSR count). The lowest BCUT2D eigenvalue weighted by atomic mass is 10.1. The largest absolute Gasteiger partial charge is 0.497 e. The Morgan fingerprint density at radius 3 is 2.96 bits per heavy atom. The molecule has 2 aromatic rings. The first-order chi connectivity index (χ1) is 13.0. The molecule has 2 amide bonds. The van der Waals surface area contributed by atoms with Gasteiger partial charge in [0.2, 0.25) is 0 Å². The van der Waals surface area contributed by atoms with Gasteiger partial charge in [0, 0.05) is 30.8 Å². The molecule has 1 fully saturated rings. The second-order valence-electron chi connectivity index (χ2n) is 7.03. The highest BCUT2D eigenvalue weighted by Gasteiger charge is 2.24. The molecule has 7 heteroatoms. The van der Waals surface area contributed by atoms with Crippen molar-refractivity contribution in [3.63, 3.8) is 0 Å². The number of amides is 2. The van der Waals surface area contributed by atoms with Gasteiger partial charge in [-0.1, -0.05) is 17.3 Å². The molecule has 2 heterocycles. The first-order valence-electron chi connectivity index (χ1n) is 9.32. The van der Waals surface area contributed by atoms with E-state index in [0.717, 1.165) is 30.8 Å². The van der Waals surface area contributed by atoms with Crippen LogP contribution in [0.3, 0.4) is 0 Å². The monoisotopic (exact) mass is 373 g/mol. The average Bonchev–Trinajstić information content (AvgIpc) is 3.32. The number of carbonyl (C=O) groups is 1. The third-order valence-electron chi connectivity index (χ3n) is 4.41. The Kier molecular flexibility index (Phi) is 6.34. The first kappa shape index (κ1) is 19.2. The van der Waals surface area contributed by atoms with Gasteiger partial charge in [0.15, 0.2) is 5.76 Å². The van der Waals surface area contributed by atoms with Crippen molar-refractivity contribution in [2.75, 3.05) is 20.3 Å². The van der Waals surface area contributed by atoms with E-state index in [1.54, 1.807) is 12.0 Å². The number of aromatic nitrogens is 1. The van der Waals surface area contributed by atoms with E-state index in [1.165, 1.54) is 0 Å². The predicted molar refractivity (Wildman–Crippen MR) is 102 cm³/mol. The minimum absolute atomic E-state index is 0.0640. The number of methoxy groups -OCH3 is 1. The summed E-state index contributed by atoms with van der Waals surface area (Å²) in [5, 5.41) is 7.09. The molecule has 1 N–H and O–H groups in total. The molecule has 1 saturated heterocycles. The fraction of sp³-hybridized carbons (Fsp3) is 0.500. The molecule has 1 atom stereocenters. The molecular weight excluding hydrogens is 346 g/mol. The Morgan fingerprint density at radius 2 is 2.26 bits per heavy atom. The Labute approximate surface area is 159 Å². The van der Waals surface area contributed by atoms with Crippen LogP contribution >= 0.6 is 0 Å². The van der Waals surface area contributed by atoms with E-state index in [0.29, 0.717) is 24.5 Å². The molecule has 0 saturated carbocycles. The van der Waals surface area contributed by atoms with Crippen molar-refractivity contribution in [3.05, 3.63) is 36.0 Å². The Bertz CT molecular complexity index is 753. The highest BCUT2D eigenvalue weighted by atomic mass is 16.5. The van der Waals surface area contributed by atoms with Crippen molar-refractivity contribution in [2.45, 2.75) is 45.4 Å². The van der Waals surface area contributed by atoms with Gasteiger partial charge >= 0.3 is 6.03 Å². The molecule has 0 aliphatic carbocycles. The van der Waals surface area contributed by atoms with E-state index < -0.39 is 0 Å². The number of carbonyl (C=O) groups excluding carboxylic acids is 1. The smallest absolute Gasteiger partial charge is 0.318 e. The van der Waals surface area contributed by atoms with Crippen LogP contribution in [-0.2, 0) is 11.3 Å². The third-order valence-corrected chi connectivity index (χ3v) is 4.41. The Hall–Kier alpha value is -2.54. The number of nitrogens with one attached hydrogen (secondary N) is 1. The predicted octanol–water partition coefficient (Wildman–Crippen LogP) is 3.45. The highest BCUT2D eigenvalue weighted by molar-refractivity contribution is 5.74. The molecule has 0 radical (unpaired) electrons. The summed E-state index contributed by atoms with van der Waals surface area (Å²) < 4.78 is 16.4. The lowest BCUT2D eigenvalue weighted by Crippen LogP contribution is -2.45. The van der Waals surface area contributed by atoms with Crippen molar-refractivity contribution in [1.82, 2.24) is 15.4 Å². The topological polar surface area (TPSA) is 76.8 Å². The fourth-order valence-electron chi connectivity index (χ4n) is 3.09. The van der Waals surface area contributed by atoms with Gasteiger partial charge in [0.25, 0.3) is 0 Å². The van der Waals surface area contributed by atoms with Gasteiger partial charge in [-0.05, 0) is 38.8 Å². The van der Waals surface area contributed by atoms with Crippen LogP contribution < -0.4 is 10.1 Å². The highest BCUT2D eigenvalue weighted by Crippen LogP contribution is 2.25. The quantitative estimate of drug-likeness (QED) is 0.804. The number of urea groups is 1. The number of ether oxygens (including phenoxy) is 2. The number of hydrogen-bond donors (Lipinski definition) is 1. The summed E-state index contributed by atoms with van der Waals surface area (Å²) >= 11 is 0. The van der Waals surface area contributed by atoms with Gasteiger partial charge in [0.1, 0.15) is 11.4 Å². The van der Waals surface area contributed by atoms with Gasteiger partial charge in [-0.3, -0.25) is 0 Å². The number of hydrogen-bond acceptors (Lipinski definition) is 5. The van der Waals surface area contributed by atoms with Crippen molar-refractivity contribution >= 4 is 6.03 Å². The Morgan fingerprint density at radius 1 is 1.41 bits per heavy atom. The van der Waals surface area contributed by atoms with Crippen molar-refractivity contribution in [1.29, 1.82) is 0 Å². The van der Waals surface area contributed by atoms with E-state index in [-0.39, 0.29) is 18.2 Å². The zero-order valence-corrected chi connectivity index (χ0v) is 16.1. The molecule has 0 bridgehead atoms. The van der Waals surface area contributed by atoms with Gasteiger partial charge in [-0.25, -0.2) is 4.79 Å². The molecule has 146 valence electrons. The van der Waals surface area contributed by atoms with Crippen LogP contribution in [0.5, 0.6) is 5.75 Å². The summed E-state index contributed by atoms with van der Waals surface area (Å²) in [4.78, 5) is 14.3. The fourth-order valence-corrected chi connectivity index (χ4v) is 3.09. The van der Waals surface area contributed by atoms with Crippen LogP contribution in [0.1, 0.15) is 32.4 Å². The molecule has 7 nitrogen and oxygen atoms in total. The van der Waals surface area contributed by atoms with E-state index in [1.807, 2.05) is 44.2 Å². The normalized spacial score (nSPS) is 16.5. The number of nitrogens with zero attached hydrogens (tertiary/aromatic N) is 2. The number of benzene rings is 1.